The highest BCUT2D eigenvalue weighted by molar-refractivity contribution is 9.10. The van der Waals surface area contributed by atoms with Crippen molar-refractivity contribution < 1.29 is 4.52 Å². The zero-order valence-electron chi connectivity index (χ0n) is 18.0. The van der Waals surface area contributed by atoms with Crippen LogP contribution in [-0.2, 0) is 19.4 Å². The number of fused-ring (bicyclic) bond motifs is 2. The lowest BCUT2D eigenvalue weighted by molar-refractivity contribution is 0.375. The molecule has 0 aliphatic rings. The molecule has 0 atom stereocenters. The fraction of sp³-hybridized carbons (Fsp3) is 0.381. The van der Waals surface area contributed by atoms with E-state index in [1.54, 1.807) is 16.8 Å². The van der Waals surface area contributed by atoms with Crippen molar-refractivity contribution >= 4 is 32.9 Å². The van der Waals surface area contributed by atoms with E-state index < -0.39 is 0 Å². The Hall–Kier alpha value is -3.41. The molecule has 0 aliphatic heterocycles. The first-order valence-corrected chi connectivity index (χ1v) is 11.7. The van der Waals surface area contributed by atoms with Crippen molar-refractivity contribution in [3.8, 4) is 11.4 Å². The summed E-state index contributed by atoms with van der Waals surface area (Å²) >= 11 is 3.35. The SMILES string of the molecule is CCCCCn1c2nc(Br)[nH]c2c(=O)n2c(CCCc3nc(-c4cccnc4)no3)nnc12. The van der Waals surface area contributed by atoms with Gasteiger partial charge in [-0.15, -0.1) is 10.2 Å². The monoisotopic (exact) mass is 511 g/mol. The maximum absolute atomic E-state index is 13.2. The number of nitrogens with one attached hydrogen (secondary N) is 1. The molecule has 0 saturated carbocycles. The van der Waals surface area contributed by atoms with E-state index in [-0.39, 0.29) is 5.56 Å². The van der Waals surface area contributed by atoms with Gasteiger partial charge in [0.25, 0.3) is 5.56 Å². The van der Waals surface area contributed by atoms with E-state index in [9.17, 15) is 4.79 Å². The van der Waals surface area contributed by atoms with Gasteiger partial charge in [-0.2, -0.15) is 4.98 Å². The molecule has 170 valence electrons. The first-order valence-electron chi connectivity index (χ1n) is 10.9. The summed E-state index contributed by atoms with van der Waals surface area (Å²) in [6, 6.07) is 3.70. The number of aryl methyl sites for hydroxylation is 3. The predicted octanol–water partition coefficient (Wildman–Crippen LogP) is 3.34. The number of H-pyrrole nitrogens is 1. The molecule has 0 amide bonds. The molecule has 0 fully saturated rings. The molecule has 0 aliphatic carbocycles. The fourth-order valence-electron chi connectivity index (χ4n) is 3.83. The van der Waals surface area contributed by atoms with Crippen LogP contribution in [-0.4, -0.2) is 44.3 Å². The van der Waals surface area contributed by atoms with Gasteiger partial charge in [0.15, 0.2) is 15.9 Å². The minimum absolute atomic E-state index is 0.207. The zero-order chi connectivity index (χ0) is 22.8. The van der Waals surface area contributed by atoms with Gasteiger partial charge >= 0.3 is 0 Å². The quantitative estimate of drug-likeness (QED) is 0.235. The standard InChI is InChI=1S/C21H22BrN9O2/c1-2-3-4-11-30-18-16(25-20(22)26-18)19(32)31-14(27-28-21(30)31)8-5-9-15-24-17(29-33-15)13-7-6-10-23-12-13/h6-7,10,12H,2-5,8-9,11H2,1H3,(H,25,26). The Morgan fingerprint density at radius 1 is 1.15 bits per heavy atom. The Kier molecular flexibility index (Phi) is 5.99. The predicted molar refractivity (Wildman–Crippen MR) is 124 cm³/mol. The van der Waals surface area contributed by atoms with Crippen molar-refractivity contribution in [1.82, 2.24) is 44.3 Å². The first kappa shape index (κ1) is 21.4. The average Bonchev–Trinajstić information content (AvgIpc) is 3.56. The number of aromatic amines is 1. The third-order valence-corrected chi connectivity index (χ3v) is 5.82. The third-order valence-electron chi connectivity index (χ3n) is 5.45. The number of halogens is 1. The molecule has 0 unspecified atom stereocenters. The summed E-state index contributed by atoms with van der Waals surface area (Å²) in [5.41, 5.74) is 1.61. The third kappa shape index (κ3) is 4.17. The van der Waals surface area contributed by atoms with Gasteiger partial charge in [-0.1, -0.05) is 24.9 Å². The van der Waals surface area contributed by atoms with Crippen LogP contribution < -0.4 is 5.56 Å². The summed E-state index contributed by atoms with van der Waals surface area (Å²) in [5.74, 6) is 2.14. The van der Waals surface area contributed by atoms with E-state index in [0.717, 1.165) is 24.8 Å². The number of rotatable bonds is 9. The van der Waals surface area contributed by atoms with E-state index in [2.05, 4.69) is 58.1 Å². The number of pyridine rings is 1. The second kappa shape index (κ2) is 9.22. The van der Waals surface area contributed by atoms with Crippen LogP contribution in [0, 0.1) is 0 Å². The topological polar surface area (TPSA) is 133 Å². The van der Waals surface area contributed by atoms with E-state index in [4.69, 9.17) is 4.52 Å². The lowest BCUT2D eigenvalue weighted by Gasteiger charge is -2.09. The van der Waals surface area contributed by atoms with Crippen molar-refractivity contribution in [2.75, 3.05) is 0 Å². The van der Waals surface area contributed by atoms with Gasteiger partial charge < -0.3 is 9.51 Å². The van der Waals surface area contributed by atoms with Crippen LogP contribution in [0.4, 0.5) is 0 Å². The molecular weight excluding hydrogens is 490 g/mol. The Morgan fingerprint density at radius 2 is 2.06 bits per heavy atom. The van der Waals surface area contributed by atoms with Crippen LogP contribution in [0.25, 0.3) is 28.3 Å². The Labute approximate surface area is 196 Å². The van der Waals surface area contributed by atoms with E-state index in [1.807, 2.05) is 16.7 Å². The van der Waals surface area contributed by atoms with Gasteiger partial charge in [-0.3, -0.25) is 14.3 Å². The second-order valence-electron chi connectivity index (χ2n) is 7.75. The van der Waals surface area contributed by atoms with Crippen LogP contribution in [0.15, 0.2) is 38.6 Å². The van der Waals surface area contributed by atoms with Gasteiger partial charge in [0, 0.05) is 37.3 Å². The Morgan fingerprint density at radius 3 is 2.88 bits per heavy atom. The summed E-state index contributed by atoms with van der Waals surface area (Å²) in [4.78, 5) is 29.2. The summed E-state index contributed by atoms with van der Waals surface area (Å²) in [7, 11) is 0. The number of hydrogen-bond donors (Lipinski definition) is 1. The smallest absolute Gasteiger partial charge is 0.286 e. The normalized spacial score (nSPS) is 11.7. The second-order valence-corrected chi connectivity index (χ2v) is 8.50. The molecule has 0 radical (unpaired) electrons. The molecule has 5 aromatic rings. The molecule has 5 heterocycles. The molecule has 0 bridgehead atoms. The molecule has 0 saturated heterocycles. The number of hydrogen-bond acceptors (Lipinski definition) is 8. The maximum atomic E-state index is 13.2. The summed E-state index contributed by atoms with van der Waals surface area (Å²) in [6.07, 6.45) is 8.31. The molecule has 11 nitrogen and oxygen atoms in total. The molecule has 0 spiro atoms. The average molecular weight is 512 g/mol. The zero-order valence-corrected chi connectivity index (χ0v) is 19.6. The molecule has 33 heavy (non-hydrogen) atoms. The summed E-state index contributed by atoms with van der Waals surface area (Å²) in [5, 5.41) is 12.7. The Balaban J connectivity index is 1.39. The van der Waals surface area contributed by atoms with Crippen LogP contribution in [0.3, 0.4) is 0 Å². The van der Waals surface area contributed by atoms with Gasteiger partial charge in [0.2, 0.25) is 17.5 Å². The molecule has 1 N–H and O–H groups in total. The molecule has 12 heteroatoms. The van der Waals surface area contributed by atoms with E-state index in [1.165, 1.54) is 0 Å². The highest BCUT2D eigenvalue weighted by Crippen LogP contribution is 2.18. The minimum Gasteiger partial charge on any atom is -0.339 e. The lowest BCUT2D eigenvalue weighted by atomic mass is 10.2. The molecule has 5 aromatic heterocycles. The summed E-state index contributed by atoms with van der Waals surface area (Å²) < 4.78 is 9.42. The first-order chi connectivity index (χ1) is 16.2. The summed E-state index contributed by atoms with van der Waals surface area (Å²) in [6.45, 7) is 2.86. The molecular formula is C21H22BrN9O2. The van der Waals surface area contributed by atoms with Crippen molar-refractivity contribution in [1.29, 1.82) is 0 Å². The van der Waals surface area contributed by atoms with Crippen LogP contribution in [0.5, 0.6) is 0 Å². The van der Waals surface area contributed by atoms with Crippen molar-refractivity contribution in [2.24, 2.45) is 0 Å². The van der Waals surface area contributed by atoms with Gasteiger partial charge in [-0.25, -0.2) is 9.38 Å². The molecule has 0 aromatic carbocycles. The highest BCUT2D eigenvalue weighted by Gasteiger charge is 2.19. The number of imidazole rings is 1. The maximum Gasteiger partial charge on any atom is 0.286 e. The minimum atomic E-state index is -0.207. The number of nitrogens with zero attached hydrogens (tertiary/aromatic N) is 8. The van der Waals surface area contributed by atoms with E-state index in [0.29, 0.717) is 65.0 Å². The largest absolute Gasteiger partial charge is 0.339 e. The lowest BCUT2D eigenvalue weighted by Crippen LogP contribution is -2.21. The van der Waals surface area contributed by atoms with Crippen molar-refractivity contribution in [2.45, 2.75) is 52.0 Å². The fourth-order valence-corrected chi connectivity index (χ4v) is 4.20. The van der Waals surface area contributed by atoms with Crippen LogP contribution in [0.1, 0.15) is 44.3 Å². The van der Waals surface area contributed by atoms with Crippen LogP contribution >= 0.6 is 15.9 Å². The van der Waals surface area contributed by atoms with Crippen LogP contribution in [0.2, 0.25) is 0 Å². The van der Waals surface area contributed by atoms with Gasteiger partial charge in [-0.05, 0) is 40.9 Å². The van der Waals surface area contributed by atoms with Crippen molar-refractivity contribution in [3.05, 3.63) is 51.3 Å². The number of aromatic nitrogens is 9. The van der Waals surface area contributed by atoms with E-state index >= 15 is 0 Å². The van der Waals surface area contributed by atoms with Gasteiger partial charge in [0.1, 0.15) is 5.82 Å². The Bertz CT molecular complexity index is 1450. The number of unbranched alkanes of at least 4 members (excludes halogenated alkanes) is 2. The highest BCUT2D eigenvalue weighted by atomic mass is 79.9. The molecule has 5 rings (SSSR count). The van der Waals surface area contributed by atoms with Crippen molar-refractivity contribution in [3.63, 3.8) is 0 Å². The van der Waals surface area contributed by atoms with Gasteiger partial charge in [0.05, 0.1) is 0 Å².